The predicted molar refractivity (Wildman–Crippen MR) is 111 cm³/mol. The summed E-state index contributed by atoms with van der Waals surface area (Å²) in [6.45, 7) is 9.75. The fourth-order valence-corrected chi connectivity index (χ4v) is 3.61. The molecule has 2 aromatic heterocycles. The number of ether oxygens (including phenoxy) is 1. The summed E-state index contributed by atoms with van der Waals surface area (Å²) in [4.78, 5) is 14.1. The zero-order valence-corrected chi connectivity index (χ0v) is 16.9. The number of piperazine rings is 1. The van der Waals surface area contributed by atoms with Gasteiger partial charge in [-0.25, -0.2) is 9.67 Å². The van der Waals surface area contributed by atoms with Crippen LogP contribution in [0.25, 0.3) is 5.95 Å². The molecule has 0 aliphatic carbocycles. The summed E-state index contributed by atoms with van der Waals surface area (Å²) in [6.07, 6.45) is 0. The number of nitrogens with zero attached hydrogens (tertiary/aromatic N) is 6. The zero-order chi connectivity index (χ0) is 19.7. The maximum atomic E-state index is 5.25. The Morgan fingerprint density at radius 1 is 0.821 bits per heavy atom. The lowest BCUT2D eigenvalue weighted by Gasteiger charge is -2.36. The molecule has 3 aromatic rings. The Kier molecular flexibility index (Phi) is 4.90. The number of aromatic nitrogens is 4. The standard InChI is InChI=1S/C21H26N6O/c1-15-14-20(23-21(22-15)27-17(3)13-16(2)24-27)26-11-9-25(10-12-26)18-5-7-19(28-4)8-6-18/h5-8,13-14H,9-12H2,1-4H3. The van der Waals surface area contributed by atoms with Crippen LogP contribution in [0.15, 0.2) is 36.4 Å². The molecule has 146 valence electrons. The summed E-state index contributed by atoms with van der Waals surface area (Å²) < 4.78 is 7.07. The quantitative estimate of drug-likeness (QED) is 0.696. The third kappa shape index (κ3) is 3.65. The van der Waals surface area contributed by atoms with E-state index in [9.17, 15) is 0 Å². The average molecular weight is 378 g/mol. The number of methoxy groups -OCH3 is 1. The molecule has 1 aliphatic rings. The van der Waals surface area contributed by atoms with Gasteiger partial charge in [-0.1, -0.05) is 0 Å². The lowest BCUT2D eigenvalue weighted by atomic mass is 10.2. The number of hydrogen-bond acceptors (Lipinski definition) is 6. The fraction of sp³-hybridized carbons (Fsp3) is 0.381. The molecule has 0 spiro atoms. The van der Waals surface area contributed by atoms with E-state index < -0.39 is 0 Å². The van der Waals surface area contributed by atoms with Crippen molar-refractivity contribution in [2.45, 2.75) is 20.8 Å². The van der Waals surface area contributed by atoms with Crippen molar-refractivity contribution >= 4 is 11.5 Å². The maximum absolute atomic E-state index is 5.25. The van der Waals surface area contributed by atoms with Gasteiger partial charge in [-0.05, 0) is 51.1 Å². The first-order chi connectivity index (χ1) is 13.5. The van der Waals surface area contributed by atoms with Gasteiger partial charge in [0.1, 0.15) is 11.6 Å². The van der Waals surface area contributed by atoms with Crippen molar-refractivity contribution in [1.29, 1.82) is 0 Å². The van der Waals surface area contributed by atoms with E-state index in [-0.39, 0.29) is 0 Å². The first-order valence-corrected chi connectivity index (χ1v) is 9.57. The van der Waals surface area contributed by atoms with Crippen molar-refractivity contribution in [1.82, 2.24) is 19.7 Å². The molecule has 28 heavy (non-hydrogen) atoms. The summed E-state index contributed by atoms with van der Waals surface area (Å²) in [6, 6.07) is 12.3. The van der Waals surface area contributed by atoms with Crippen LogP contribution in [0.4, 0.5) is 11.5 Å². The molecule has 0 atom stereocenters. The zero-order valence-electron chi connectivity index (χ0n) is 16.9. The van der Waals surface area contributed by atoms with Gasteiger partial charge in [0.15, 0.2) is 0 Å². The largest absolute Gasteiger partial charge is 0.497 e. The molecule has 3 heterocycles. The number of benzene rings is 1. The average Bonchev–Trinajstić information content (AvgIpc) is 3.06. The summed E-state index contributed by atoms with van der Waals surface area (Å²) in [5.41, 5.74) is 4.18. The summed E-state index contributed by atoms with van der Waals surface area (Å²) >= 11 is 0. The first-order valence-electron chi connectivity index (χ1n) is 9.57. The molecule has 0 radical (unpaired) electrons. The van der Waals surface area contributed by atoms with E-state index in [0.29, 0.717) is 5.95 Å². The van der Waals surface area contributed by atoms with Gasteiger partial charge in [0.05, 0.1) is 12.8 Å². The van der Waals surface area contributed by atoms with Gasteiger partial charge in [-0.15, -0.1) is 0 Å². The number of hydrogen-bond donors (Lipinski definition) is 0. The van der Waals surface area contributed by atoms with Crippen LogP contribution in [-0.4, -0.2) is 53.0 Å². The summed E-state index contributed by atoms with van der Waals surface area (Å²) in [5.74, 6) is 2.48. The second-order valence-corrected chi connectivity index (χ2v) is 7.18. The van der Waals surface area contributed by atoms with Gasteiger partial charge >= 0.3 is 0 Å². The summed E-state index contributed by atoms with van der Waals surface area (Å²) in [7, 11) is 1.69. The number of anilines is 2. The smallest absolute Gasteiger partial charge is 0.252 e. The van der Waals surface area contributed by atoms with E-state index in [0.717, 1.165) is 54.8 Å². The lowest BCUT2D eigenvalue weighted by Crippen LogP contribution is -2.47. The van der Waals surface area contributed by atoms with Crippen molar-refractivity contribution < 1.29 is 4.74 Å². The van der Waals surface area contributed by atoms with Crippen molar-refractivity contribution in [3.05, 3.63) is 53.5 Å². The van der Waals surface area contributed by atoms with Gasteiger partial charge in [0, 0.05) is 49.3 Å². The molecule has 0 saturated carbocycles. The Balaban J connectivity index is 1.50. The van der Waals surface area contributed by atoms with Crippen LogP contribution in [0.3, 0.4) is 0 Å². The highest BCUT2D eigenvalue weighted by Gasteiger charge is 2.20. The van der Waals surface area contributed by atoms with E-state index in [1.807, 2.05) is 43.7 Å². The molecule has 1 saturated heterocycles. The Labute approximate surface area is 165 Å². The minimum Gasteiger partial charge on any atom is -0.497 e. The van der Waals surface area contributed by atoms with E-state index in [4.69, 9.17) is 9.72 Å². The predicted octanol–water partition coefficient (Wildman–Crippen LogP) is 2.92. The fourth-order valence-electron chi connectivity index (χ4n) is 3.61. The van der Waals surface area contributed by atoms with Crippen molar-refractivity contribution in [2.75, 3.05) is 43.1 Å². The van der Waals surface area contributed by atoms with Gasteiger partial charge in [-0.3, -0.25) is 0 Å². The highest BCUT2D eigenvalue weighted by Crippen LogP contribution is 2.23. The SMILES string of the molecule is COc1ccc(N2CCN(c3cc(C)nc(-n4nc(C)cc4C)n3)CC2)cc1. The molecular weight excluding hydrogens is 352 g/mol. The molecule has 0 N–H and O–H groups in total. The molecule has 0 unspecified atom stereocenters. The molecule has 7 heteroatoms. The molecule has 1 aliphatic heterocycles. The van der Waals surface area contributed by atoms with Crippen LogP contribution in [0.5, 0.6) is 5.75 Å². The highest BCUT2D eigenvalue weighted by atomic mass is 16.5. The van der Waals surface area contributed by atoms with Crippen molar-refractivity contribution in [3.8, 4) is 11.7 Å². The minimum atomic E-state index is 0.637. The van der Waals surface area contributed by atoms with Gasteiger partial charge < -0.3 is 14.5 Å². The molecule has 1 aromatic carbocycles. The van der Waals surface area contributed by atoms with Crippen LogP contribution in [0.2, 0.25) is 0 Å². The molecule has 7 nitrogen and oxygen atoms in total. The lowest BCUT2D eigenvalue weighted by molar-refractivity contribution is 0.415. The van der Waals surface area contributed by atoms with Crippen molar-refractivity contribution in [3.63, 3.8) is 0 Å². The van der Waals surface area contributed by atoms with E-state index >= 15 is 0 Å². The van der Waals surface area contributed by atoms with E-state index in [1.54, 1.807) is 7.11 Å². The van der Waals surface area contributed by atoms with Crippen molar-refractivity contribution in [2.24, 2.45) is 0 Å². The molecular formula is C21H26N6O. The Bertz CT molecular complexity index is 958. The molecule has 0 amide bonds. The van der Waals surface area contributed by atoms with Crippen LogP contribution in [0, 0.1) is 20.8 Å². The van der Waals surface area contributed by atoms with Gasteiger partial charge in [0.2, 0.25) is 0 Å². The van der Waals surface area contributed by atoms with E-state index in [1.165, 1.54) is 5.69 Å². The summed E-state index contributed by atoms with van der Waals surface area (Å²) in [5, 5.41) is 4.53. The molecule has 1 fully saturated rings. The topological polar surface area (TPSA) is 59.3 Å². The van der Waals surface area contributed by atoms with Crippen LogP contribution < -0.4 is 14.5 Å². The van der Waals surface area contributed by atoms with Gasteiger partial charge in [0.25, 0.3) is 5.95 Å². The number of aryl methyl sites for hydroxylation is 3. The third-order valence-electron chi connectivity index (χ3n) is 5.07. The van der Waals surface area contributed by atoms with Crippen LogP contribution >= 0.6 is 0 Å². The second-order valence-electron chi connectivity index (χ2n) is 7.18. The Morgan fingerprint density at radius 2 is 1.50 bits per heavy atom. The normalized spacial score (nSPS) is 14.4. The third-order valence-corrected chi connectivity index (χ3v) is 5.07. The maximum Gasteiger partial charge on any atom is 0.252 e. The number of rotatable bonds is 4. The monoisotopic (exact) mass is 378 g/mol. The Hall–Kier alpha value is -3.09. The van der Waals surface area contributed by atoms with E-state index in [2.05, 4.69) is 38.1 Å². The van der Waals surface area contributed by atoms with Crippen LogP contribution in [-0.2, 0) is 0 Å². The minimum absolute atomic E-state index is 0.637. The van der Waals surface area contributed by atoms with Crippen LogP contribution in [0.1, 0.15) is 17.1 Å². The molecule has 4 rings (SSSR count). The first kappa shape index (κ1) is 18.3. The second kappa shape index (κ2) is 7.50. The molecule has 0 bridgehead atoms. The Morgan fingerprint density at radius 3 is 2.11 bits per heavy atom. The highest BCUT2D eigenvalue weighted by molar-refractivity contribution is 5.51. The van der Waals surface area contributed by atoms with Gasteiger partial charge in [-0.2, -0.15) is 10.1 Å².